The molecule has 0 bridgehead atoms. The number of aromatic nitrogens is 1. The van der Waals surface area contributed by atoms with Crippen LogP contribution in [0, 0.1) is 6.92 Å². The van der Waals surface area contributed by atoms with Crippen LogP contribution < -0.4 is 10.0 Å². The summed E-state index contributed by atoms with van der Waals surface area (Å²) in [5, 5.41) is 5.04. The molecule has 6 heteroatoms. The summed E-state index contributed by atoms with van der Waals surface area (Å²) in [6, 6.07) is 11.2. The van der Waals surface area contributed by atoms with Crippen LogP contribution in [-0.2, 0) is 16.6 Å². The molecule has 1 aromatic carbocycles. The number of aryl methyl sites for hydroxylation is 1. The van der Waals surface area contributed by atoms with Gasteiger partial charge in [0.25, 0.3) is 0 Å². The summed E-state index contributed by atoms with van der Waals surface area (Å²) in [6.45, 7) is 2.76. The van der Waals surface area contributed by atoms with Gasteiger partial charge in [0.1, 0.15) is 10.7 Å². The Morgan fingerprint density at radius 3 is 2.45 bits per heavy atom. The summed E-state index contributed by atoms with van der Waals surface area (Å²) >= 11 is 0. The molecule has 0 aliphatic heterocycles. The van der Waals surface area contributed by atoms with E-state index in [4.69, 9.17) is 5.14 Å². The van der Waals surface area contributed by atoms with Crippen LogP contribution in [0.3, 0.4) is 0 Å². The molecule has 0 atom stereocenters. The number of sulfonamides is 1. The Hall–Kier alpha value is -1.92. The zero-order valence-electron chi connectivity index (χ0n) is 11.4. The quantitative estimate of drug-likeness (QED) is 0.929. The van der Waals surface area contributed by atoms with Crippen molar-refractivity contribution in [2.24, 2.45) is 5.14 Å². The van der Waals surface area contributed by atoms with Gasteiger partial charge in [-0.2, -0.15) is 0 Å². The van der Waals surface area contributed by atoms with Gasteiger partial charge in [-0.15, -0.1) is 0 Å². The largest absolute Gasteiger partial charge is 0.355 e. The van der Waals surface area contributed by atoms with E-state index in [1.165, 1.54) is 23.4 Å². The average Bonchev–Trinajstić information content (AvgIpc) is 2.40. The molecule has 0 aliphatic carbocycles. The number of nitrogens with two attached hydrogens (primary N) is 1. The Bertz CT molecular complexity index is 697. The number of hydrogen-bond donors (Lipinski definition) is 1. The SMILES string of the molecule is Cc1ccccc1CN(C)c1ccc(S(N)(=O)=O)cn1. The van der Waals surface area contributed by atoms with Crippen molar-refractivity contribution >= 4 is 15.8 Å². The fourth-order valence-corrected chi connectivity index (χ4v) is 2.35. The minimum Gasteiger partial charge on any atom is -0.355 e. The lowest BCUT2D eigenvalue weighted by atomic mass is 10.1. The van der Waals surface area contributed by atoms with Crippen LogP contribution in [0.4, 0.5) is 5.82 Å². The van der Waals surface area contributed by atoms with Crippen molar-refractivity contribution < 1.29 is 8.42 Å². The number of benzene rings is 1. The molecule has 0 fully saturated rings. The van der Waals surface area contributed by atoms with Crippen molar-refractivity contribution in [1.29, 1.82) is 0 Å². The van der Waals surface area contributed by atoms with E-state index in [0.717, 1.165) is 0 Å². The van der Waals surface area contributed by atoms with Gasteiger partial charge < -0.3 is 4.90 Å². The van der Waals surface area contributed by atoms with Gasteiger partial charge in [0.05, 0.1) is 0 Å². The van der Waals surface area contributed by atoms with Gasteiger partial charge in [-0.3, -0.25) is 0 Å². The second-order valence-electron chi connectivity index (χ2n) is 4.68. The average molecular weight is 291 g/mol. The molecule has 0 amide bonds. The van der Waals surface area contributed by atoms with E-state index in [2.05, 4.69) is 24.0 Å². The number of hydrogen-bond acceptors (Lipinski definition) is 4. The lowest BCUT2D eigenvalue weighted by Crippen LogP contribution is -2.19. The molecule has 0 unspecified atom stereocenters. The number of primary sulfonamides is 1. The van der Waals surface area contributed by atoms with Crippen molar-refractivity contribution in [2.75, 3.05) is 11.9 Å². The fourth-order valence-electron chi connectivity index (χ4n) is 1.89. The Balaban J connectivity index is 2.18. The molecule has 1 aromatic heterocycles. The summed E-state index contributed by atoms with van der Waals surface area (Å²) in [5.41, 5.74) is 2.41. The Morgan fingerprint density at radius 2 is 1.90 bits per heavy atom. The number of nitrogens with zero attached hydrogens (tertiary/aromatic N) is 2. The van der Waals surface area contributed by atoms with Gasteiger partial charge in [0, 0.05) is 19.8 Å². The first kappa shape index (κ1) is 14.5. The normalized spacial score (nSPS) is 11.3. The van der Waals surface area contributed by atoms with Crippen molar-refractivity contribution in [2.45, 2.75) is 18.4 Å². The molecule has 0 saturated heterocycles. The monoisotopic (exact) mass is 291 g/mol. The molecule has 0 saturated carbocycles. The van der Waals surface area contributed by atoms with Crippen molar-refractivity contribution in [3.63, 3.8) is 0 Å². The van der Waals surface area contributed by atoms with Crippen LogP contribution >= 0.6 is 0 Å². The van der Waals surface area contributed by atoms with Crippen molar-refractivity contribution in [3.05, 3.63) is 53.7 Å². The lowest BCUT2D eigenvalue weighted by molar-refractivity contribution is 0.597. The van der Waals surface area contributed by atoms with Gasteiger partial charge in [-0.25, -0.2) is 18.5 Å². The highest BCUT2D eigenvalue weighted by Gasteiger charge is 2.10. The molecule has 5 nitrogen and oxygen atoms in total. The molecule has 2 aromatic rings. The van der Waals surface area contributed by atoms with E-state index in [1.54, 1.807) is 6.07 Å². The third-order valence-corrected chi connectivity index (χ3v) is 4.01. The summed E-state index contributed by atoms with van der Waals surface area (Å²) in [4.78, 5) is 6.11. The van der Waals surface area contributed by atoms with Gasteiger partial charge in [0.2, 0.25) is 10.0 Å². The molecule has 0 radical (unpaired) electrons. The van der Waals surface area contributed by atoms with Crippen LogP contribution in [0.2, 0.25) is 0 Å². The maximum Gasteiger partial charge on any atom is 0.239 e. The van der Waals surface area contributed by atoms with Crippen LogP contribution in [-0.4, -0.2) is 20.4 Å². The van der Waals surface area contributed by atoms with E-state index < -0.39 is 10.0 Å². The third-order valence-electron chi connectivity index (χ3n) is 3.11. The lowest BCUT2D eigenvalue weighted by Gasteiger charge is -2.19. The van der Waals surface area contributed by atoms with Gasteiger partial charge >= 0.3 is 0 Å². The predicted molar refractivity (Wildman–Crippen MR) is 78.9 cm³/mol. The fraction of sp³-hybridized carbons (Fsp3) is 0.214. The summed E-state index contributed by atoms with van der Waals surface area (Å²) in [5.74, 6) is 0.695. The summed E-state index contributed by atoms with van der Waals surface area (Å²) in [6.07, 6.45) is 1.28. The first-order chi connectivity index (χ1) is 9.38. The molecule has 0 aliphatic rings. The molecule has 1 heterocycles. The molecule has 20 heavy (non-hydrogen) atoms. The predicted octanol–water partition coefficient (Wildman–Crippen LogP) is 1.67. The van der Waals surface area contributed by atoms with Crippen molar-refractivity contribution in [3.8, 4) is 0 Å². The third kappa shape index (κ3) is 3.34. The summed E-state index contributed by atoms with van der Waals surface area (Å²) in [7, 11) is -1.78. The van der Waals surface area contributed by atoms with Crippen LogP contribution in [0.25, 0.3) is 0 Å². The van der Waals surface area contributed by atoms with Crippen LogP contribution in [0.1, 0.15) is 11.1 Å². The minimum absolute atomic E-state index is 0.0190. The van der Waals surface area contributed by atoms with Crippen LogP contribution in [0.15, 0.2) is 47.5 Å². The maximum absolute atomic E-state index is 11.2. The highest BCUT2D eigenvalue weighted by Crippen LogP contribution is 2.16. The Labute approximate surface area is 119 Å². The number of rotatable bonds is 4. The topological polar surface area (TPSA) is 76.3 Å². The standard InChI is InChI=1S/C14H17N3O2S/c1-11-5-3-4-6-12(11)10-17(2)14-8-7-13(9-16-14)20(15,18)19/h3-9H,10H2,1-2H3,(H2,15,18,19). The second kappa shape index (κ2) is 5.60. The van der Waals surface area contributed by atoms with Crippen LogP contribution in [0.5, 0.6) is 0 Å². The zero-order valence-corrected chi connectivity index (χ0v) is 12.3. The van der Waals surface area contributed by atoms with E-state index in [0.29, 0.717) is 12.4 Å². The Kier molecular flexibility index (Phi) is 4.06. The van der Waals surface area contributed by atoms with Gasteiger partial charge in [0.15, 0.2) is 0 Å². The highest BCUT2D eigenvalue weighted by molar-refractivity contribution is 7.89. The molecule has 106 valence electrons. The zero-order chi connectivity index (χ0) is 14.8. The molecule has 2 rings (SSSR count). The van der Waals surface area contributed by atoms with Gasteiger partial charge in [-0.1, -0.05) is 24.3 Å². The minimum atomic E-state index is -3.69. The Morgan fingerprint density at radius 1 is 1.20 bits per heavy atom. The molecule has 0 spiro atoms. The van der Waals surface area contributed by atoms with Crippen molar-refractivity contribution in [1.82, 2.24) is 4.98 Å². The maximum atomic E-state index is 11.2. The second-order valence-corrected chi connectivity index (χ2v) is 6.24. The van der Waals surface area contributed by atoms with E-state index in [9.17, 15) is 8.42 Å². The van der Waals surface area contributed by atoms with Gasteiger partial charge in [-0.05, 0) is 30.2 Å². The van der Waals surface area contributed by atoms with E-state index in [-0.39, 0.29) is 4.90 Å². The molecular weight excluding hydrogens is 274 g/mol. The number of pyridine rings is 1. The molecular formula is C14H17N3O2S. The summed E-state index contributed by atoms with van der Waals surface area (Å²) < 4.78 is 22.3. The first-order valence-corrected chi connectivity index (χ1v) is 7.67. The first-order valence-electron chi connectivity index (χ1n) is 6.12. The smallest absolute Gasteiger partial charge is 0.239 e. The highest BCUT2D eigenvalue weighted by atomic mass is 32.2. The van der Waals surface area contributed by atoms with E-state index in [1.807, 2.05) is 24.1 Å². The van der Waals surface area contributed by atoms with E-state index >= 15 is 0 Å². The molecule has 2 N–H and O–H groups in total. The number of anilines is 1.